The van der Waals surface area contributed by atoms with Gasteiger partial charge in [0.25, 0.3) is 0 Å². The highest BCUT2D eigenvalue weighted by Crippen LogP contribution is 2.23. The van der Waals surface area contributed by atoms with Gasteiger partial charge in [0, 0.05) is 24.8 Å². The number of carbonyl (C=O) groups is 2. The molecule has 0 spiro atoms. The second-order valence-electron chi connectivity index (χ2n) is 6.13. The number of hydrogen-bond donors (Lipinski definition) is 2. The quantitative estimate of drug-likeness (QED) is 0.889. The molecule has 1 unspecified atom stereocenters. The van der Waals surface area contributed by atoms with E-state index in [9.17, 15) is 14.0 Å². The molecule has 2 aliphatic rings. The molecule has 3 rings (SSSR count). The Morgan fingerprint density at radius 2 is 2.04 bits per heavy atom. The fraction of sp³-hybridized carbons (Fsp3) is 0.500. The zero-order valence-corrected chi connectivity index (χ0v) is 13.4. The smallest absolute Gasteiger partial charge is 0.317 e. The van der Waals surface area contributed by atoms with Crippen LogP contribution in [-0.4, -0.2) is 36.0 Å². The van der Waals surface area contributed by atoms with Gasteiger partial charge in [0.15, 0.2) is 0 Å². The monoisotopic (exact) mass is 339 g/mol. The number of rotatable bonds is 3. The van der Waals surface area contributed by atoms with E-state index in [1.54, 1.807) is 4.90 Å². The van der Waals surface area contributed by atoms with Crippen LogP contribution in [0.4, 0.5) is 14.9 Å². The number of carbonyl (C=O) groups excluding carboxylic acids is 2. The molecule has 1 atom stereocenters. The average molecular weight is 340 g/mol. The first kappa shape index (κ1) is 16.1. The molecule has 1 aromatic carbocycles. The van der Waals surface area contributed by atoms with Gasteiger partial charge in [-0.2, -0.15) is 0 Å². The first-order chi connectivity index (χ1) is 11.0. The number of urea groups is 1. The molecule has 1 saturated heterocycles. The van der Waals surface area contributed by atoms with Crippen LogP contribution in [0, 0.1) is 11.7 Å². The van der Waals surface area contributed by atoms with E-state index in [-0.39, 0.29) is 22.9 Å². The second-order valence-corrected chi connectivity index (χ2v) is 6.53. The zero-order valence-electron chi connectivity index (χ0n) is 12.6. The molecule has 0 bridgehead atoms. The molecule has 3 amide bonds. The number of anilines is 1. The maximum absolute atomic E-state index is 13.1. The lowest BCUT2D eigenvalue weighted by Gasteiger charge is -2.32. The van der Waals surface area contributed by atoms with Gasteiger partial charge in [-0.05, 0) is 43.9 Å². The van der Waals surface area contributed by atoms with E-state index >= 15 is 0 Å². The van der Waals surface area contributed by atoms with Crippen LogP contribution in [0.2, 0.25) is 5.02 Å². The van der Waals surface area contributed by atoms with Gasteiger partial charge in [-0.25, -0.2) is 9.18 Å². The minimum absolute atomic E-state index is 0.0307. The normalized spacial score (nSPS) is 21.0. The number of halogens is 2. The van der Waals surface area contributed by atoms with Gasteiger partial charge in [0.05, 0.1) is 10.9 Å². The summed E-state index contributed by atoms with van der Waals surface area (Å²) in [6.45, 7) is 1.07. The molecule has 1 aliphatic heterocycles. The van der Waals surface area contributed by atoms with Crippen molar-refractivity contribution in [2.45, 2.75) is 31.7 Å². The van der Waals surface area contributed by atoms with Crippen LogP contribution in [0.15, 0.2) is 18.2 Å². The molecule has 1 saturated carbocycles. The maximum atomic E-state index is 13.1. The fourth-order valence-electron chi connectivity index (χ4n) is 2.69. The summed E-state index contributed by atoms with van der Waals surface area (Å²) in [5, 5.41) is 5.66. The molecule has 5 nitrogen and oxygen atoms in total. The van der Waals surface area contributed by atoms with Crippen molar-refractivity contribution in [2.75, 3.05) is 18.4 Å². The van der Waals surface area contributed by atoms with Crippen molar-refractivity contribution in [1.82, 2.24) is 10.2 Å². The second kappa shape index (κ2) is 6.74. The molecular weight excluding hydrogens is 321 g/mol. The van der Waals surface area contributed by atoms with Crippen LogP contribution in [0.25, 0.3) is 0 Å². The Balaban J connectivity index is 1.57. The van der Waals surface area contributed by atoms with Crippen LogP contribution in [0.5, 0.6) is 0 Å². The van der Waals surface area contributed by atoms with E-state index in [1.807, 2.05) is 0 Å². The lowest BCUT2D eigenvalue weighted by atomic mass is 9.97. The Morgan fingerprint density at radius 3 is 2.74 bits per heavy atom. The van der Waals surface area contributed by atoms with Crippen molar-refractivity contribution in [1.29, 1.82) is 0 Å². The van der Waals surface area contributed by atoms with Crippen molar-refractivity contribution in [3.63, 3.8) is 0 Å². The van der Waals surface area contributed by atoms with Crippen molar-refractivity contribution in [2.24, 2.45) is 5.92 Å². The number of nitrogens with zero attached hydrogens (tertiary/aromatic N) is 1. The Labute approximate surface area is 139 Å². The molecule has 1 heterocycles. The molecule has 0 aromatic heterocycles. The SMILES string of the molecule is O=C(Nc1ccc(F)c(Cl)c1)C1CCCN(C(=O)NC2CC2)C1. The fourth-order valence-corrected chi connectivity index (χ4v) is 2.87. The van der Waals surface area contributed by atoms with Crippen LogP contribution in [0.3, 0.4) is 0 Å². The van der Waals surface area contributed by atoms with Gasteiger partial charge in [-0.3, -0.25) is 4.79 Å². The third-order valence-corrected chi connectivity index (χ3v) is 4.46. The summed E-state index contributed by atoms with van der Waals surface area (Å²) in [5.74, 6) is -0.959. The lowest BCUT2D eigenvalue weighted by Crippen LogP contribution is -2.48. The van der Waals surface area contributed by atoms with Crippen LogP contribution in [0.1, 0.15) is 25.7 Å². The molecule has 0 radical (unpaired) electrons. The Morgan fingerprint density at radius 1 is 1.26 bits per heavy atom. The molecule has 1 aromatic rings. The number of likely N-dealkylation sites (tertiary alicyclic amines) is 1. The van der Waals surface area contributed by atoms with Crippen LogP contribution >= 0.6 is 11.6 Å². The molecule has 23 heavy (non-hydrogen) atoms. The molecule has 124 valence electrons. The third kappa shape index (κ3) is 4.13. The first-order valence-electron chi connectivity index (χ1n) is 7.84. The number of hydrogen-bond acceptors (Lipinski definition) is 2. The number of piperidine rings is 1. The van der Waals surface area contributed by atoms with E-state index < -0.39 is 5.82 Å². The molecule has 7 heteroatoms. The topological polar surface area (TPSA) is 61.4 Å². The van der Waals surface area contributed by atoms with E-state index in [0.29, 0.717) is 24.8 Å². The van der Waals surface area contributed by atoms with Gasteiger partial charge in [0.1, 0.15) is 5.82 Å². The van der Waals surface area contributed by atoms with E-state index in [0.717, 1.165) is 25.7 Å². The minimum atomic E-state index is -0.523. The van der Waals surface area contributed by atoms with Crippen LogP contribution < -0.4 is 10.6 Å². The molecule has 2 fully saturated rings. The Hall–Kier alpha value is -1.82. The summed E-state index contributed by atoms with van der Waals surface area (Å²) in [6, 6.07) is 4.29. The average Bonchev–Trinajstić information content (AvgIpc) is 3.35. The van der Waals surface area contributed by atoms with Gasteiger partial charge < -0.3 is 15.5 Å². The van der Waals surface area contributed by atoms with E-state index in [4.69, 9.17) is 11.6 Å². The lowest BCUT2D eigenvalue weighted by molar-refractivity contribution is -0.121. The summed E-state index contributed by atoms with van der Waals surface area (Å²) < 4.78 is 13.1. The first-order valence-corrected chi connectivity index (χ1v) is 8.22. The predicted molar refractivity (Wildman–Crippen MR) is 85.9 cm³/mol. The summed E-state index contributed by atoms with van der Waals surface area (Å²) in [6.07, 6.45) is 3.60. The summed E-state index contributed by atoms with van der Waals surface area (Å²) in [7, 11) is 0. The highest BCUT2D eigenvalue weighted by Gasteiger charge is 2.31. The number of nitrogens with one attached hydrogen (secondary N) is 2. The minimum Gasteiger partial charge on any atom is -0.335 e. The van der Waals surface area contributed by atoms with E-state index in [1.165, 1.54) is 18.2 Å². The number of benzene rings is 1. The van der Waals surface area contributed by atoms with Gasteiger partial charge in [-0.1, -0.05) is 11.6 Å². The molecule has 2 N–H and O–H groups in total. The highest BCUT2D eigenvalue weighted by atomic mass is 35.5. The zero-order chi connectivity index (χ0) is 16.4. The van der Waals surface area contributed by atoms with E-state index in [2.05, 4.69) is 10.6 Å². The largest absolute Gasteiger partial charge is 0.335 e. The van der Waals surface area contributed by atoms with Crippen molar-refractivity contribution < 1.29 is 14.0 Å². The van der Waals surface area contributed by atoms with Crippen molar-refractivity contribution in [3.05, 3.63) is 29.0 Å². The summed E-state index contributed by atoms with van der Waals surface area (Å²) in [4.78, 5) is 26.1. The maximum Gasteiger partial charge on any atom is 0.317 e. The Kier molecular flexibility index (Phi) is 4.71. The summed E-state index contributed by atoms with van der Waals surface area (Å²) in [5.41, 5.74) is 0.459. The standard InChI is InChI=1S/C16H19ClFN3O2/c17-13-8-12(5-6-14(13)18)19-15(22)10-2-1-7-21(9-10)16(23)20-11-3-4-11/h5-6,8,10-11H,1-4,7,9H2,(H,19,22)(H,20,23). The van der Waals surface area contributed by atoms with Crippen molar-refractivity contribution in [3.8, 4) is 0 Å². The third-order valence-electron chi connectivity index (χ3n) is 4.17. The van der Waals surface area contributed by atoms with Crippen molar-refractivity contribution >= 4 is 29.2 Å². The Bertz CT molecular complexity index is 621. The summed E-state index contributed by atoms with van der Waals surface area (Å²) >= 11 is 5.71. The highest BCUT2D eigenvalue weighted by molar-refractivity contribution is 6.31. The predicted octanol–water partition coefficient (Wildman–Crippen LogP) is 3.00. The van der Waals surface area contributed by atoms with Gasteiger partial charge in [0.2, 0.25) is 5.91 Å². The molecule has 1 aliphatic carbocycles. The van der Waals surface area contributed by atoms with Crippen LogP contribution in [-0.2, 0) is 4.79 Å². The molecular formula is C16H19ClFN3O2. The van der Waals surface area contributed by atoms with Gasteiger partial charge in [-0.15, -0.1) is 0 Å². The van der Waals surface area contributed by atoms with Gasteiger partial charge >= 0.3 is 6.03 Å². The number of amides is 3.